The predicted octanol–water partition coefficient (Wildman–Crippen LogP) is 3.23. The van der Waals surface area contributed by atoms with Crippen molar-refractivity contribution in [3.63, 3.8) is 0 Å². The average Bonchev–Trinajstić information content (AvgIpc) is 3.05. The van der Waals surface area contributed by atoms with Gasteiger partial charge < -0.3 is 14.2 Å². The normalized spacial score (nSPS) is 17.7. The van der Waals surface area contributed by atoms with Crippen LogP contribution in [0.1, 0.15) is 32.6 Å². The van der Waals surface area contributed by atoms with Gasteiger partial charge in [-0.25, -0.2) is 0 Å². The highest BCUT2D eigenvalue weighted by Gasteiger charge is 2.24. The fourth-order valence-corrected chi connectivity index (χ4v) is 3.56. The van der Waals surface area contributed by atoms with Gasteiger partial charge in [-0.2, -0.15) is 0 Å². The Balaban J connectivity index is 1.54. The minimum atomic E-state index is -0.0721. The van der Waals surface area contributed by atoms with Crippen LogP contribution in [0.3, 0.4) is 0 Å². The molecule has 1 fully saturated rings. The van der Waals surface area contributed by atoms with Crippen molar-refractivity contribution < 1.29 is 9.21 Å². The Morgan fingerprint density at radius 3 is 2.42 bits per heavy atom. The van der Waals surface area contributed by atoms with Crippen molar-refractivity contribution in [2.45, 2.75) is 26.8 Å². The summed E-state index contributed by atoms with van der Waals surface area (Å²) >= 11 is 0. The lowest BCUT2D eigenvalue weighted by Gasteiger charge is -2.36. The van der Waals surface area contributed by atoms with Crippen molar-refractivity contribution >= 4 is 16.9 Å². The first-order chi connectivity index (χ1) is 12.4. The van der Waals surface area contributed by atoms with Crippen LogP contribution in [0.15, 0.2) is 34.7 Å². The standard InChI is InChI=1S/C21H31N3O2/c1-16(2)14-23-9-11-24(12-10-23)15-21(25)22(4)17(3)20-13-18-7-5-6-8-19(18)26-20/h5-8,13,16-17H,9-12,14-15H2,1-4H3. The number of carbonyl (C=O) groups is 1. The van der Waals surface area contributed by atoms with Crippen molar-refractivity contribution in [2.24, 2.45) is 5.92 Å². The van der Waals surface area contributed by atoms with Crippen LogP contribution < -0.4 is 0 Å². The number of amides is 1. The smallest absolute Gasteiger partial charge is 0.237 e. The molecule has 0 bridgehead atoms. The van der Waals surface area contributed by atoms with Crippen molar-refractivity contribution in [1.82, 2.24) is 14.7 Å². The Morgan fingerprint density at radius 2 is 1.77 bits per heavy atom. The van der Waals surface area contributed by atoms with Gasteiger partial charge in [-0.1, -0.05) is 32.0 Å². The lowest BCUT2D eigenvalue weighted by Crippen LogP contribution is -2.50. The third-order valence-electron chi connectivity index (χ3n) is 5.28. The van der Waals surface area contributed by atoms with E-state index in [1.165, 1.54) is 0 Å². The predicted molar refractivity (Wildman–Crippen MR) is 105 cm³/mol. The van der Waals surface area contributed by atoms with Crippen molar-refractivity contribution in [1.29, 1.82) is 0 Å². The third-order valence-corrected chi connectivity index (χ3v) is 5.28. The minimum Gasteiger partial charge on any atom is -0.459 e. The maximum absolute atomic E-state index is 12.7. The molecule has 0 saturated carbocycles. The quantitative estimate of drug-likeness (QED) is 0.796. The van der Waals surface area contributed by atoms with E-state index >= 15 is 0 Å². The van der Waals surface area contributed by atoms with E-state index in [1.54, 1.807) is 4.90 Å². The number of carbonyl (C=O) groups excluding carboxylic acids is 1. The number of hydrogen-bond acceptors (Lipinski definition) is 4. The maximum Gasteiger partial charge on any atom is 0.237 e. The van der Waals surface area contributed by atoms with E-state index in [2.05, 4.69) is 23.6 Å². The molecule has 0 radical (unpaired) electrons. The van der Waals surface area contributed by atoms with Gasteiger partial charge in [0.15, 0.2) is 0 Å². The molecule has 26 heavy (non-hydrogen) atoms. The number of piperazine rings is 1. The van der Waals surface area contributed by atoms with Crippen LogP contribution >= 0.6 is 0 Å². The molecule has 2 aromatic rings. The largest absolute Gasteiger partial charge is 0.459 e. The topological polar surface area (TPSA) is 39.9 Å². The Kier molecular flexibility index (Phi) is 5.99. The second-order valence-corrected chi connectivity index (χ2v) is 7.84. The van der Waals surface area contributed by atoms with E-state index in [1.807, 2.05) is 44.3 Å². The molecule has 1 aliphatic heterocycles. The van der Waals surface area contributed by atoms with Gasteiger partial charge in [-0.3, -0.25) is 9.69 Å². The number of hydrogen-bond donors (Lipinski definition) is 0. The number of likely N-dealkylation sites (N-methyl/N-ethyl adjacent to an activating group) is 1. The van der Waals surface area contributed by atoms with E-state index in [0.29, 0.717) is 12.5 Å². The second-order valence-electron chi connectivity index (χ2n) is 7.84. The highest BCUT2D eigenvalue weighted by Crippen LogP contribution is 2.26. The summed E-state index contributed by atoms with van der Waals surface area (Å²) in [4.78, 5) is 19.3. The highest BCUT2D eigenvalue weighted by atomic mass is 16.3. The summed E-state index contributed by atoms with van der Waals surface area (Å²) in [6.07, 6.45) is 0. The molecule has 5 nitrogen and oxygen atoms in total. The number of fused-ring (bicyclic) bond motifs is 1. The summed E-state index contributed by atoms with van der Waals surface area (Å²) in [5, 5.41) is 1.08. The van der Waals surface area contributed by atoms with Gasteiger partial charge >= 0.3 is 0 Å². The highest BCUT2D eigenvalue weighted by molar-refractivity contribution is 5.80. The van der Waals surface area contributed by atoms with Crippen LogP contribution in [-0.4, -0.2) is 66.9 Å². The van der Waals surface area contributed by atoms with Crippen LogP contribution in [0.2, 0.25) is 0 Å². The van der Waals surface area contributed by atoms with Gasteiger partial charge in [0.1, 0.15) is 11.3 Å². The van der Waals surface area contributed by atoms with Gasteiger partial charge in [0.05, 0.1) is 12.6 Å². The minimum absolute atomic E-state index is 0.0721. The van der Waals surface area contributed by atoms with Gasteiger partial charge in [-0.05, 0) is 25.0 Å². The van der Waals surface area contributed by atoms with Crippen LogP contribution in [0.4, 0.5) is 0 Å². The molecule has 1 unspecified atom stereocenters. The molecular formula is C21H31N3O2. The Bertz CT molecular complexity index is 699. The third kappa shape index (κ3) is 4.46. The molecule has 1 aromatic heterocycles. The van der Waals surface area contributed by atoms with E-state index in [-0.39, 0.29) is 11.9 Å². The van der Waals surface area contributed by atoms with Crippen LogP contribution in [0.25, 0.3) is 11.0 Å². The summed E-state index contributed by atoms with van der Waals surface area (Å²) in [7, 11) is 1.87. The number of rotatable bonds is 6. The summed E-state index contributed by atoms with van der Waals surface area (Å²) in [5.74, 6) is 1.68. The lowest BCUT2D eigenvalue weighted by atomic mass is 10.2. The molecule has 2 heterocycles. The summed E-state index contributed by atoms with van der Waals surface area (Å²) in [6, 6.07) is 9.93. The van der Waals surface area contributed by atoms with E-state index < -0.39 is 0 Å². The number of benzene rings is 1. The molecular weight excluding hydrogens is 326 g/mol. The van der Waals surface area contributed by atoms with E-state index in [9.17, 15) is 4.79 Å². The molecule has 142 valence electrons. The molecule has 1 amide bonds. The monoisotopic (exact) mass is 357 g/mol. The second kappa shape index (κ2) is 8.23. The van der Waals surface area contributed by atoms with Crippen LogP contribution in [0.5, 0.6) is 0 Å². The first-order valence-corrected chi connectivity index (χ1v) is 9.63. The summed E-state index contributed by atoms with van der Waals surface area (Å²) in [5.41, 5.74) is 0.872. The molecule has 0 aliphatic carbocycles. The summed E-state index contributed by atoms with van der Waals surface area (Å²) < 4.78 is 5.93. The zero-order chi connectivity index (χ0) is 18.7. The molecule has 1 aliphatic rings. The van der Waals surface area contributed by atoms with E-state index in [4.69, 9.17) is 4.42 Å². The molecule has 5 heteroatoms. The molecule has 1 atom stereocenters. The Hall–Kier alpha value is -1.85. The fraction of sp³-hybridized carbons (Fsp3) is 0.571. The Labute approximate surface area is 156 Å². The lowest BCUT2D eigenvalue weighted by molar-refractivity contribution is -0.133. The summed E-state index contributed by atoms with van der Waals surface area (Å²) in [6.45, 7) is 12.2. The first-order valence-electron chi connectivity index (χ1n) is 9.63. The van der Waals surface area contributed by atoms with Crippen molar-refractivity contribution in [2.75, 3.05) is 46.3 Å². The Morgan fingerprint density at radius 1 is 1.12 bits per heavy atom. The van der Waals surface area contributed by atoms with Gasteiger partial charge in [0.2, 0.25) is 5.91 Å². The van der Waals surface area contributed by atoms with Crippen molar-refractivity contribution in [3.05, 3.63) is 36.1 Å². The van der Waals surface area contributed by atoms with Gasteiger partial charge in [0, 0.05) is 45.2 Å². The number of nitrogens with zero attached hydrogens (tertiary/aromatic N) is 3. The van der Waals surface area contributed by atoms with Crippen molar-refractivity contribution in [3.8, 4) is 0 Å². The van der Waals surface area contributed by atoms with Gasteiger partial charge in [-0.15, -0.1) is 0 Å². The number of para-hydroxylation sites is 1. The van der Waals surface area contributed by atoms with Crippen LogP contribution in [-0.2, 0) is 4.79 Å². The van der Waals surface area contributed by atoms with E-state index in [0.717, 1.165) is 49.5 Å². The molecule has 0 spiro atoms. The fourth-order valence-electron chi connectivity index (χ4n) is 3.56. The zero-order valence-corrected chi connectivity index (χ0v) is 16.4. The maximum atomic E-state index is 12.7. The zero-order valence-electron chi connectivity index (χ0n) is 16.4. The van der Waals surface area contributed by atoms with Gasteiger partial charge in [0.25, 0.3) is 0 Å². The number of furan rings is 1. The SMILES string of the molecule is CC(C)CN1CCN(CC(=O)N(C)C(C)c2cc3ccccc3o2)CC1. The molecule has 3 rings (SSSR count). The molecule has 1 saturated heterocycles. The first kappa shape index (κ1) is 18.9. The average molecular weight is 357 g/mol. The molecule has 0 N–H and O–H groups in total. The molecule has 1 aromatic carbocycles. The van der Waals surface area contributed by atoms with Crippen LogP contribution in [0, 0.1) is 5.92 Å².